The number of rotatable bonds is 5. The maximum absolute atomic E-state index is 14.1. The van der Waals surface area contributed by atoms with Gasteiger partial charge in [0, 0.05) is 54.4 Å². The van der Waals surface area contributed by atoms with Gasteiger partial charge in [0.05, 0.1) is 29.5 Å². The molecule has 3 aromatic heterocycles. The van der Waals surface area contributed by atoms with Crippen LogP contribution in [0.25, 0.3) is 21.9 Å². The third-order valence-corrected chi connectivity index (χ3v) is 8.96. The number of pyridine rings is 2. The minimum atomic E-state index is -4.52. The molecule has 1 amide bonds. The Bertz CT molecular complexity index is 1580. The monoisotopic (exact) mass is 552 g/mol. The SMILES string of the molecule is O=C1N(Cc2ncc3ccccc3c2-c2cncnc2)c2cnccc2C12CCN(S(=O)CC(F)(F)F)CC2. The van der Waals surface area contributed by atoms with Gasteiger partial charge < -0.3 is 4.90 Å². The summed E-state index contributed by atoms with van der Waals surface area (Å²) in [6, 6.07) is 9.62. The van der Waals surface area contributed by atoms with Crippen LogP contribution in [0.5, 0.6) is 0 Å². The Kier molecular flexibility index (Phi) is 6.38. The largest absolute Gasteiger partial charge is 0.401 e. The zero-order valence-corrected chi connectivity index (χ0v) is 21.5. The first-order valence-electron chi connectivity index (χ1n) is 12.4. The van der Waals surface area contributed by atoms with Crippen molar-refractivity contribution in [2.24, 2.45) is 0 Å². The quantitative estimate of drug-likeness (QED) is 0.369. The Balaban J connectivity index is 1.35. The van der Waals surface area contributed by atoms with Crippen molar-refractivity contribution in [1.82, 2.24) is 24.2 Å². The summed E-state index contributed by atoms with van der Waals surface area (Å²) in [5, 5.41) is 1.89. The van der Waals surface area contributed by atoms with E-state index >= 15 is 0 Å². The van der Waals surface area contributed by atoms with Crippen molar-refractivity contribution in [3.8, 4) is 11.1 Å². The number of halogens is 3. The van der Waals surface area contributed by atoms with Gasteiger partial charge in [-0.25, -0.2) is 18.5 Å². The minimum Gasteiger partial charge on any atom is -0.304 e. The Morgan fingerprint density at radius 3 is 2.46 bits per heavy atom. The number of nitrogens with zero attached hydrogens (tertiary/aromatic N) is 6. The second-order valence-corrected chi connectivity index (χ2v) is 11.1. The number of amides is 1. The molecular formula is C27H23F3N6O2S. The molecule has 0 saturated carbocycles. The molecule has 6 rings (SSSR count). The summed E-state index contributed by atoms with van der Waals surface area (Å²) in [4.78, 5) is 33.1. The number of carbonyl (C=O) groups is 1. The highest BCUT2D eigenvalue weighted by molar-refractivity contribution is 7.82. The first-order chi connectivity index (χ1) is 18.8. The number of alkyl halides is 3. The molecule has 1 atom stereocenters. The molecule has 5 heterocycles. The van der Waals surface area contributed by atoms with E-state index in [-0.39, 0.29) is 38.4 Å². The van der Waals surface area contributed by atoms with Gasteiger partial charge in [-0.05, 0) is 29.9 Å². The van der Waals surface area contributed by atoms with Gasteiger partial charge in [0.1, 0.15) is 23.1 Å². The van der Waals surface area contributed by atoms with Gasteiger partial charge in [-0.1, -0.05) is 24.3 Å². The van der Waals surface area contributed by atoms with Gasteiger partial charge in [0.25, 0.3) is 0 Å². The molecule has 1 aromatic carbocycles. The molecule has 1 spiro atoms. The molecule has 2 aliphatic heterocycles. The Hall–Kier alpha value is -3.77. The van der Waals surface area contributed by atoms with Crippen molar-refractivity contribution in [2.45, 2.75) is 31.0 Å². The summed E-state index contributed by atoms with van der Waals surface area (Å²) >= 11 is 0. The highest BCUT2D eigenvalue weighted by Gasteiger charge is 2.53. The van der Waals surface area contributed by atoms with E-state index in [1.807, 2.05) is 24.3 Å². The first kappa shape index (κ1) is 25.5. The predicted octanol–water partition coefficient (Wildman–Crippen LogP) is 4.19. The maximum Gasteiger partial charge on any atom is 0.401 e. The molecule has 200 valence electrons. The van der Waals surface area contributed by atoms with Crippen LogP contribution >= 0.6 is 0 Å². The van der Waals surface area contributed by atoms with Crippen LogP contribution in [0.3, 0.4) is 0 Å². The van der Waals surface area contributed by atoms with E-state index in [2.05, 4.69) is 15.0 Å². The summed E-state index contributed by atoms with van der Waals surface area (Å²) in [5.41, 5.74) is 2.76. The number of aromatic nitrogens is 4. The number of hydrogen-bond donors (Lipinski definition) is 0. The maximum atomic E-state index is 14.1. The molecule has 1 fully saturated rings. The van der Waals surface area contributed by atoms with Crippen LogP contribution < -0.4 is 4.90 Å². The van der Waals surface area contributed by atoms with E-state index in [1.165, 1.54) is 10.6 Å². The third-order valence-electron chi connectivity index (χ3n) is 7.45. The lowest BCUT2D eigenvalue weighted by atomic mass is 9.74. The fraction of sp³-hybridized carbons (Fsp3) is 0.296. The van der Waals surface area contributed by atoms with Gasteiger partial charge in [-0.15, -0.1) is 0 Å². The molecule has 12 heteroatoms. The molecule has 2 aliphatic rings. The van der Waals surface area contributed by atoms with Crippen LogP contribution in [0.4, 0.5) is 18.9 Å². The highest BCUT2D eigenvalue weighted by Crippen LogP contribution is 2.48. The summed E-state index contributed by atoms with van der Waals surface area (Å²) in [7, 11) is -2.19. The average Bonchev–Trinajstić information content (AvgIpc) is 3.15. The van der Waals surface area contributed by atoms with E-state index in [0.717, 1.165) is 27.5 Å². The lowest BCUT2D eigenvalue weighted by Crippen LogP contribution is -2.49. The lowest BCUT2D eigenvalue weighted by Gasteiger charge is -2.37. The smallest absolute Gasteiger partial charge is 0.304 e. The summed E-state index contributed by atoms with van der Waals surface area (Å²) in [6.45, 7) is 0.397. The van der Waals surface area contributed by atoms with E-state index in [0.29, 0.717) is 11.4 Å². The van der Waals surface area contributed by atoms with Gasteiger partial charge in [-0.2, -0.15) is 13.2 Å². The number of anilines is 1. The molecule has 0 N–H and O–H groups in total. The fourth-order valence-corrected chi connectivity index (χ4v) is 6.71. The molecule has 4 aromatic rings. The average molecular weight is 553 g/mol. The van der Waals surface area contributed by atoms with Crippen molar-refractivity contribution < 1.29 is 22.2 Å². The van der Waals surface area contributed by atoms with Crippen molar-refractivity contribution in [2.75, 3.05) is 23.7 Å². The van der Waals surface area contributed by atoms with E-state index < -0.39 is 28.3 Å². The van der Waals surface area contributed by atoms with Crippen LogP contribution in [0.1, 0.15) is 24.1 Å². The standard InChI is InChI=1S/C27H23F3N6O2S/c28-27(29,30)16-39(38)35-9-6-26(7-10-35)21-5-8-31-14-23(21)36(25(26)37)15-22-24(19-11-32-17-33-12-19)20-4-2-1-3-18(20)13-34-22/h1-5,8,11-14,17H,6-7,9-10,15-16H2. The zero-order valence-electron chi connectivity index (χ0n) is 20.6. The van der Waals surface area contributed by atoms with E-state index in [1.54, 1.807) is 42.0 Å². The third kappa shape index (κ3) is 4.57. The molecule has 0 aliphatic carbocycles. The van der Waals surface area contributed by atoms with E-state index in [9.17, 15) is 22.2 Å². The van der Waals surface area contributed by atoms with Crippen LogP contribution in [-0.2, 0) is 27.7 Å². The molecule has 1 unspecified atom stereocenters. The molecule has 39 heavy (non-hydrogen) atoms. The first-order valence-corrected chi connectivity index (χ1v) is 13.6. The van der Waals surface area contributed by atoms with E-state index in [4.69, 9.17) is 4.98 Å². The Morgan fingerprint density at radius 1 is 0.974 bits per heavy atom. The molecule has 8 nitrogen and oxygen atoms in total. The minimum absolute atomic E-state index is 0.116. The van der Waals surface area contributed by atoms with Crippen LogP contribution in [0.2, 0.25) is 0 Å². The number of carbonyl (C=O) groups excluding carboxylic acids is 1. The lowest BCUT2D eigenvalue weighted by molar-refractivity contribution is -0.124. The topological polar surface area (TPSA) is 92.2 Å². The van der Waals surface area contributed by atoms with Crippen LogP contribution in [0.15, 0.2) is 67.6 Å². The highest BCUT2D eigenvalue weighted by atomic mass is 32.2. The number of benzene rings is 1. The fourth-order valence-electron chi connectivity index (χ4n) is 5.66. The van der Waals surface area contributed by atoms with Crippen molar-refractivity contribution >= 4 is 33.4 Å². The molecular weight excluding hydrogens is 529 g/mol. The van der Waals surface area contributed by atoms with Gasteiger partial charge in [-0.3, -0.25) is 14.8 Å². The number of hydrogen-bond acceptors (Lipinski definition) is 6. The van der Waals surface area contributed by atoms with Crippen molar-refractivity contribution in [3.63, 3.8) is 0 Å². The van der Waals surface area contributed by atoms with Gasteiger partial charge in [0.15, 0.2) is 0 Å². The summed E-state index contributed by atoms with van der Waals surface area (Å²) in [6.07, 6.45) is 5.89. The Morgan fingerprint density at radius 2 is 1.72 bits per heavy atom. The van der Waals surface area contributed by atoms with Gasteiger partial charge >= 0.3 is 6.18 Å². The molecule has 0 bridgehead atoms. The van der Waals surface area contributed by atoms with Crippen LogP contribution in [0, 0.1) is 0 Å². The van der Waals surface area contributed by atoms with Crippen molar-refractivity contribution in [3.05, 3.63) is 78.9 Å². The second-order valence-electron chi connectivity index (χ2n) is 9.67. The second kappa shape index (κ2) is 9.76. The normalized spacial score (nSPS) is 18.0. The predicted molar refractivity (Wildman–Crippen MR) is 140 cm³/mol. The zero-order chi connectivity index (χ0) is 27.2. The number of piperidine rings is 1. The molecule has 1 saturated heterocycles. The van der Waals surface area contributed by atoms with Gasteiger partial charge in [0.2, 0.25) is 5.91 Å². The summed E-state index contributed by atoms with van der Waals surface area (Å²) in [5.74, 6) is -1.54. The molecule has 0 radical (unpaired) electrons. The number of fused-ring (bicyclic) bond motifs is 3. The van der Waals surface area contributed by atoms with Crippen LogP contribution in [-0.4, -0.2) is 59.4 Å². The van der Waals surface area contributed by atoms with Crippen molar-refractivity contribution in [1.29, 1.82) is 0 Å². The Labute approximate surface area is 224 Å². The summed E-state index contributed by atoms with van der Waals surface area (Å²) < 4.78 is 52.1.